The van der Waals surface area contributed by atoms with E-state index in [2.05, 4.69) is 6.58 Å². The third kappa shape index (κ3) is 3.18. The molecule has 0 heterocycles. The summed E-state index contributed by atoms with van der Waals surface area (Å²) in [5.41, 5.74) is 0.398. The monoisotopic (exact) mass is 193 g/mol. The summed E-state index contributed by atoms with van der Waals surface area (Å²) in [7, 11) is 0. The highest BCUT2D eigenvalue weighted by molar-refractivity contribution is 6.30. The Labute approximate surface area is 82.0 Å². The highest BCUT2D eigenvalue weighted by atomic mass is 35.5. The molecule has 1 rings (SSSR count). The molecule has 0 N–H and O–H groups in total. The minimum atomic E-state index is 0.220. The fourth-order valence-electron chi connectivity index (χ4n) is 0.734. The van der Waals surface area contributed by atoms with E-state index < -0.39 is 0 Å². The second-order valence-corrected chi connectivity index (χ2v) is 2.89. The number of nitriles is 1. The summed E-state index contributed by atoms with van der Waals surface area (Å²) in [5.74, 6) is 0.681. The van der Waals surface area contributed by atoms with E-state index in [1.165, 1.54) is 0 Å². The van der Waals surface area contributed by atoms with Gasteiger partial charge in [-0.1, -0.05) is 18.2 Å². The van der Waals surface area contributed by atoms with E-state index in [4.69, 9.17) is 21.6 Å². The van der Waals surface area contributed by atoms with Gasteiger partial charge >= 0.3 is 0 Å². The Balaban J connectivity index is 2.52. The van der Waals surface area contributed by atoms with Gasteiger partial charge in [-0.05, 0) is 24.3 Å². The Hall–Kier alpha value is -1.46. The topological polar surface area (TPSA) is 33.0 Å². The molecule has 0 saturated heterocycles. The van der Waals surface area contributed by atoms with E-state index in [0.717, 1.165) is 0 Å². The van der Waals surface area contributed by atoms with Gasteiger partial charge in [-0.25, -0.2) is 0 Å². The minimum absolute atomic E-state index is 0.220. The Morgan fingerprint density at radius 3 is 2.62 bits per heavy atom. The molecule has 0 aliphatic rings. The molecule has 0 fully saturated rings. The first-order valence-electron chi connectivity index (χ1n) is 3.68. The smallest absolute Gasteiger partial charge is 0.123 e. The zero-order chi connectivity index (χ0) is 9.68. The van der Waals surface area contributed by atoms with Crippen LogP contribution in [0.3, 0.4) is 0 Å². The van der Waals surface area contributed by atoms with Crippen molar-refractivity contribution < 1.29 is 4.74 Å². The Kier molecular flexibility index (Phi) is 3.36. The normalized spacial score (nSPS) is 8.92. The van der Waals surface area contributed by atoms with E-state index in [0.29, 0.717) is 16.3 Å². The van der Waals surface area contributed by atoms with E-state index >= 15 is 0 Å². The average Bonchev–Trinajstić information content (AvgIpc) is 2.16. The van der Waals surface area contributed by atoms with Gasteiger partial charge in [-0.15, -0.1) is 0 Å². The van der Waals surface area contributed by atoms with E-state index in [-0.39, 0.29) is 6.61 Å². The molecule has 13 heavy (non-hydrogen) atoms. The summed E-state index contributed by atoms with van der Waals surface area (Å²) >= 11 is 5.68. The molecular formula is C10H8ClNO. The average molecular weight is 194 g/mol. The van der Waals surface area contributed by atoms with E-state index in [1.807, 2.05) is 6.07 Å². The Bertz CT molecular complexity index is 337. The van der Waals surface area contributed by atoms with Gasteiger partial charge in [-0.2, -0.15) is 5.26 Å². The lowest BCUT2D eigenvalue weighted by Gasteiger charge is -2.03. The summed E-state index contributed by atoms with van der Waals surface area (Å²) in [6, 6.07) is 8.84. The lowest BCUT2D eigenvalue weighted by atomic mass is 10.3. The molecule has 1 aromatic rings. The molecule has 0 unspecified atom stereocenters. The van der Waals surface area contributed by atoms with Gasteiger partial charge in [0, 0.05) is 5.02 Å². The number of rotatable bonds is 3. The first-order valence-corrected chi connectivity index (χ1v) is 4.06. The summed E-state index contributed by atoms with van der Waals surface area (Å²) < 4.78 is 5.23. The maximum absolute atomic E-state index is 8.41. The van der Waals surface area contributed by atoms with E-state index in [1.54, 1.807) is 24.3 Å². The summed E-state index contributed by atoms with van der Waals surface area (Å²) in [4.78, 5) is 0. The van der Waals surface area contributed by atoms with Crippen molar-refractivity contribution in [2.75, 3.05) is 6.61 Å². The maximum atomic E-state index is 8.41. The largest absolute Gasteiger partial charge is 0.488 e. The van der Waals surface area contributed by atoms with Crippen LogP contribution < -0.4 is 4.74 Å². The van der Waals surface area contributed by atoms with Crippen LogP contribution in [0, 0.1) is 11.3 Å². The maximum Gasteiger partial charge on any atom is 0.123 e. The quantitative estimate of drug-likeness (QED) is 0.692. The lowest BCUT2D eigenvalue weighted by molar-refractivity contribution is 0.357. The molecule has 0 saturated carbocycles. The van der Waals surface area contributed by atoms with Gasteiger partial charge in [0.15, 0.2) is 0 Å². The van der Waals surface area contributed by atoms with Gasteiger partial charge in [0.05, 0.1) is 11.6 Å². The zero-order valence-electron chi connectivity index (χ0n) is 6.96. The molecular weight excluding hydrogens is 186 g/mol. The number of hydrogen-bond acceptors (Lipinski definition) is 2. The van der Waals surface area contributed by atoms with Crippen LogP contribution in [-0.4, -0.2) is 6.61 Å². The van der Waals surface area contributed by atoms with Crippen molar-refractivity contribution in [2.45, 2.75) is 0 Å². The van der Waals surface area contributed by atoms with Crippen molar-refractivity contribution in [2.24, 2.45) is 0 Å². The van der Waals surface area contributed by atoms with Gasteiger partial charge in [0.25, 0.3) is 0 Å². The SMILES string of the molecule is C=C(C#N)COc1ccc(Cl)cc1. The van der Waals surface area contributed by atoms with Crippen LogP contribution in [0.2, 0.25) is 5.02 Å². The number of halogens is 1. The molecule has 3 heteroatoms. The van der Waals surface area contributed by atoms with Gasteiger partial charge in [-0.3, -0.25) is 0 Å². The summed E-state index contributed by atoms with van der Waals surface area (Å²) in [6.45, 7) is 3.71. The summed E-state index contributed by atoms with van der Waals surface area (Å²) in [5, 5.41) is 9.07. The highest BCUT2D eigenvalue weighted by Crippen LogP contribution is 2.15. The van der Waals surface area contributed by atoms with Crippen LogP contribution in [0.25, 0.3) is 0 Å². The molecule has 66 valence electrons. The summed E-state index contributed by atoms with van der Waals surface area (Å²) in [6.07, 6.45) is 0. The first kappa shape index (κ1) is 9.63. The lowest BCUT2D eigenvalue weighted by Crippen LogP contribution is -1.97. The van der Waals surface area contributed by atoms with Crippen LogP contribution in [0.4, 0.5) is 0 Å². The molecule has 0 aliphatic heterocycles. The van der Waals surface area contributed by atoms with Crippen LogP contribution in [0.1, 0.15) is 0 Å². The minimum Gasteiger partial charge on any atom is -0.488 e. The van der Waals surface area contributed by atoms with Crippen molar-refractivity contribution in [3.8, 4) is 11.8 Å². The molecule has 2 nitrogen and oxygen atoms in total. The third-order valence-electron chi connectivity index (χ3n) is 1.38. The molecule has 0 spiro atoms. The second kappa shape index (κ2) is 4.54. The fourth-order valence-corrected chi connectivity index (χ4v) is 0.860. The van der Waals surface area contributed by atoms with Crippen LogP contribution in [-0.2, 0) is 0 Å². The van der Waals surface area contributed by atoms with Gasteiger partial charge in [0.2, 0.25) is 0 Å². The van der Waals surface area contributed by atoms with Crippen molar-refractivity contribution in [1.29, 1.82) is 5.26 Å². The highest BCUT2D eigenvalue weighted by Gasteiger charge is 1.95. The van der Waals surface area contributed by atoms with Gasteiger partial charge < -0.3 is 4.74 Å². The van der Waals surface area contributed by atoms with E-state index in [9.17, 15) is 0 Å². The number of hydrogen-bond donors (Lipinski definition) is 0. The molecule has 0 bridgehead atoms. The molecule has 0 radical (unpaired) electrons. The molecule has 0 aromatic heterocycles. The molecule has 0 amide bonds. The van der Waals surface area contributed by atoms with Crippen LogP contribution >= 0.6 is 11.6 Å². The predicted octanol–water partition coefficient (Wildman–Crippen LogP) is 2.80. The Morgan fingerprint density at radius 1 is 1.46 bits per heavy atom. The van der Waals surface area contributed by atoms with Gasteiger partial charge in [0.1, 0.15) is 12.4 Å². The number of ether oxygens (including phenoxy) is 1. The van der Waals surface area contributed by atoms with Crippen LogP contribution in [0.15, 0.2) is 36.4 Å². The number of nitrogens with zero attached hydrogens (tertiary/aromatic N) is 1. The third-order valence-corrected chi connectivity index (χ3v) is 1.64. The zero-order valence-corrected chi connectivity index (χ0v) is 7.71. The fraction of sp³-hybridized carbons (Fsp3) is 0.100. The van der Waals surface area contributed by atoms with Crippen molar-refractivity contribution in [3.05, 3.63) is 41.4 Å². The standard InChI is InChI=1S/C10H8ClNO/c1-8(6-12)7-13-10-4-2-9(11)3-5-10/h2-5H,1,7H2. The number of benzene rings is 1. The predicted molar refractivity (Wildman–Crippen MR) is 51.7 cm³/mol. The Morgan fingerprint density at radius 2 is 2.08 bits per heavy atom. The van der Waals surface area contributed by atoms with Crippen molar-refractivity contribution >= 4 is 11.6 Å². The first-order chi connectivity index (χ1) is 6.22. The van der Waals surface area contributed by atoms with Crippen molar-refractivity contribution in [1.82, 2.24) is 0 Å². The van der Waals surface area contributed by atoms with Crippen molar-refractivity contribution in [3.63, 3.8) is 0 Å². The molecule has 1 aromatic carbocycles. The molecule has 0 aliphatic carbocycles. The molecule has 0 atom stereocenters. The second-order valence-electron chi connectivity index (χ2n) is 2.46. The van der Waals surface area contributed by atoms with Crippen LogP contribution in [0.5, 0.6) is 5.75 Å².